The van der Waals surface area contributed by atoms with Crippen molar-refractivity contribution in [1.29, 1.82) is 0 Å². The number of nitrogens with zero attached hydrogens (tertiary/aromatic N) is 6. The minimum atomic E-state index is -5.08. The highest BCUT2D eigenvalue weighted by Crippen LogP contribution is 2.37. The van der Waals surface area contributed by atoms with Crippen LogP contribution >= 0.6 is 11.6 Å². The molecule has 0 radical (unpaired) electrons. The highest BCUT2D eigenvalue weighted by molar-refractivity contribution is 6.31. The topological polar surface area (TPSA) is 101 Å². The van der Waals surface area contributed by atoms with E-state index in [-0.39, 0.29) is 16.9 Å². The van der Waals surface area contributed by atoms with Crippen LogP contribution in [0.3, 0.4) is 0 Å². The smallest absolute Gasteiger partial charge is 0.475 e. The van der Waals surface area contributed by atoms with E-state index in [9.17, 15) is 26.3 Å². The summed E-state index contributed by atoms with van der Waals surface area (Å²) in [4.78, 5) is 23.5. The predicted molar refractivity (Wildman–Crippen MR) is 147 cm³/mol. The summed E-state index contributed by atoms with van der Waals surface area (Å²) in [5.41, 5.74) is 2.64. The molecule has 2 aromatic heterocycles. The molecule has 232 valence electrons. The van der Waals surface area contributed by atoms with Crippen molar-refractivity contribution in [2.24, 2.45) is 0 Å². The average Bonchev–Trinajstić information content (AvgIpc) is 3.38. The Morgan fingerprint density at radius 3 is 2.19 bits per heavy atom. The molecule has 2 N–H and O–H groups in total. The number of fused-ring (bicyclic) bond motifs is 1. The van der Waals surface area contributed by atoms with Gasteiger partial charge in [-0.15, -0.1) is 0 Å². The first-order valence-electron chi connectivity index (χ1n) is 13.2. The molecule has 4 rings (SSSR count). The van der Waals surface area contributed by atoms with Crippen LogP contribution in [0.25, 0.3) is 11.0 Å². The SMILES string of the molecule is CCN(CC)CCCc1cc(Cl)cc(N2CCN(c3ncnc4n[nH]c(C(F)(F)F)c34)CC2)c1C.O=C(O)C(F)(F)F. The second-order valence-corrected chi connectivity index (χ2v) is 10.0. The summed E-state index contributed by atoms with van der Waals surface area (Å²) in [6.07, 6.45) is -6.37. The van der Waals surface area contributed by atoms with E-state index >= 15 is 0 Å². The molecule has 0 amide bonds. The first kappa shape index (κ1) is 33.2. The normalized spacial score (nSPS) is 14.4. The van der Waals surface area contributed by atoms with Gasteiger partial charge in [0.15, 0.2) is 11.3 Å². The van der Waals surface area contributed by atoms with Gasteiger partial charge in [0.25, 0.3) is 0 Å². The Balaban J connectivity index is 0.000000616. The molecule has 3 heterocycles. The summed E-state index contributed by atoms with van der Waals surface area (Å²) in [5, 5.41) is 13.6. The molecule has 42 heavy (non-hydrogen) atoms. The van der Waals surface area contributed by atoms with Gasteiger partial charge in [-0.2, -0.15) is 31.4 Å². The number of halogens is 7. The van der Waals surface area contributed by atoms with E-state index < -0.39 is 24.0 Å². The van der Waals surface area contributed by atoms with Crippen molar-refractivity contribution >= 4 is 40.1 Å². The Labute approximate surface area is 243 Å². The van der Waals surface area contributed by atoms with Gasteiger partial charge in [0.2, 0.25) is 0 Å². The highest BCUT2D eigenvalue weighted by atomic mass is 35.5. The Kier molecular flexibility index (Phi) is 10.9. The molecule has 9 nitrogen and oxygen atoms in total. The van der Waals surface area contributed by atoms with Crippen molar-refractivity contribution in [3.8, 4) is 0 Å². The third-order valence-electron chi connectivity index (χ3n) is 7.04. The van der Waals surface area contributed by atoms with Crippen LogP contribution in [0.1, 0.15) is 37.1 Å². The number of piperazine rings is 1. The van der Waals surface area contributed by atoms with Crippen LogP contribution in [0.5, 0.6) is 0 Å². The van der Waals surface area contributed by atoms with Gasteiger partial charge < -0.3 is 19.8 Å². The Morgan fingerprint density at radius 2 is 1.64 bits per heavy atom. The summed E-state index contributed by atoms with van der Waals surface area (Å²) < 4.78 is 72.3. The van der Waals surface area contributed by atoms with Crippen LogP contribution in [0, 0.1) is 6.92 Å². The molecule has 1 aromatic carbocycles. The van der Waals surface area contributed by atoms with E-state index in [2.05, 4.69) is 50.7 Å². The van der Waals surface area contributed by atoms with Crippen molar-refractivity contribution in [2.45, 2.75) is 46.0 Å². The summed E-state index contributed by atoms with van der Waals surface area (Å²) >= 11 is 6.49. The molecule has 1 saturated heterocycles. The van der Waals surface area contributed by atoms with Gasteiger partial charge in [0, 0.05) is 36.9 Å². The molecule has 0 spiro atoms. The van der Waals surface area contributed by atoms with Crippen molar-refractivity contribution in [2.75, 3.05) is 55.6 Å². The Morgan fingerprint density at radius 1 is 1.05 bits per heavy atom. The number of rotatable bonds is 8. The molecule has 16 heteroatoms. The molecule has 0 atom stereocenters. The van der Waals surface area contributed by atoms with E-state index in [1.54, 1.807) is 0 Å². The van der Waals surface area contributed by atoms with Crippen LogP contribution in [-0.2, 0) is 17.4 Å². The molecule has 0 unspecified atom stereocenters. The molecule has 1 aliphatic rings. The van der Waals surface area contributed by atoms with Crippen LogP contribution in [0.4, 0.5) is 37.8 Å². The van der Waals surface area contributed by atoms with Gasteiger partial charge in [0.1, 0.15) is 12.1 Å². The van der Waals surface area contributed by atoms with E-state index in [0.717, 1.165) is 38.2 Å². The standard InChI is InChI=1S/C24H31ClF3N7.C2HF3O2/c1-4-33(5-2)8-6-7-17-13-18(25)14-19(16(17)3)34-9-11-35(12-10-34)23-20-21(24(26,27)28)31-32-22(20)29-15-30-23;3-2(4,5)1(6)7/h13-15H,4-12H2,1-3H3,(H,29,30,31,32);(H,6,7). The molecule has 1 fully saturated rings. The Bertz CT molecular complexity index is 1350. The number of aliphatic carboxylic acids is 1. The number of carbonyl (C=O) groups is 1. The third kappa shape index (κ3) is 8.15. The first-order chi connectivity index (χ1) is 19.7. The minimum absolute atomic E-state index is 0.0183. The predicted octanol–water partition coefficient (Wildman–Crippen LogP) is 5.57. The zero-order valence-electron chi connectivity index (χ0n) is 23.3. The summed E-state index contributed by atoms with van der Waals surface area (Å²) in [6.45, 7) is 12.0. The van der Waals surface area contributed by atoms with Crippen molar-refractivity contribution in [1.82, 2.24) is 25.1 Å². The van der Waals surface area contributed by atoms with Crippen molar-refractivity contribution < 1.29 is 36.2 Å². The second-order valence-electron chi connectivity index (χ2n) is 9.61. The number of anilines is 2. The lowest BCUT2D eigenvalue weighted by Crippen LogP contribution is -2.47. The van der Waals surface area contributed by atoms with Gasteiger partial charge in [-0.25, -0.2) is 14.8 Å². The second kappa shape index (κ2) is 13.8. The van der Waals surface area contributed by atoms with Gasteiger partial charge in [-0.3, -0.25) is 5.10 Å². The fourth-order valence-corrected chi connectivity index (χ4v) is 5.02. The monoisotopic (exact) mass is 623 g/mol. The van der Waals surface area contributed by atoms with Gasteiger partial charge in [0.05, 0.1) is 5.39 Å². The third-order valence-corrected chi connectivity index (χ3v) is 7.26. The molecule has 1 aliphatic heterocycles. The summed E-state index contributed by atoms with van der Waals surface area (Å²) in [7, 11) is 0. The highest BCUT2D eigenvalue weighted by Gasteiger charge is 2.39. The van der Waals surface area contributed by atoms with Gasteiger partial charge in [-0.05, 0) is 62.7 Å². The number of aromatic nitrogens is 4. The van der Waals surface area contributed by atoms with E-state index in [1.807, 2.05) is 17.0 Å². The number of aryl methyl sites for hydroxylation is 1. The van der Waals surface area contributed by atoms with Gasteiger partial charge >= 0.3 is 18.3 Å². The molecule has 3 aromatic rings. The largest absolute Gasteiger partial charge is 0.490 e. The van der Waals surface area contributed by atoms with Gasteiger partial charge in [-0.1, -0.05) is 25.4 Å². The van der Waals surface area contributed by atoms with Crippen molar-refractivity contribution in [3.63, 3.8) is 0 Å². The number of carboxylic acids is 1. The van der Waals surface area contributed by atoms with E-state index in [1.165, 1.54) is 17.5 Å². The molecular weight excluding hydrogens is 592 g/mol. The number of carboxylic acid groups (broad SMARTS) is 1. The summed E-state index contributed by atoms with van der Waals surface area (Å²) in [6, 6.07) is 4.04. The molecular formula is C26H32ClF6N7O2. The quantitative estimate of drug-likeness (QED) is 0.314. The van der Waals surface area contributed by atoms with Crippen LogP contribution in [-0.4, -0.2) is 88.1 Å². The summed E-state index contributed by atoms with van der Waals surface area (Å²) in [5.74, 6) is -2.50. The average molecular weight is 624 g/mol. The fourth-order valence-electron chi connectivity index (χ4n) is 4.79. The minimum Gasteiger partial charge on any atom is -0.475 e. The molecule has 0 aliphatic carbocycles. The number of H-pyrrole nitrogens is 1. The molecule has 0 bridgehead atoms. The number of benzene rings is 1. The number of alkyl halides is 6. The lowest BCUT2D eigenvalue weighted by molar-refractivity contribution is -0.192. The zero-order valence-corrected chi connectivity index (χ0v) is 24.0. The van der Waals surface area contributed by atoms with E-state index in [0.29, 0.717) is 31.2 Å². The first-order valence-corrected chi connectivity index (χ1v) is 13.6. The maximum atomic E-state index is 13.5. The number of hydrogen-bond acceptors (Lipinski definition) is 7. The number of aromatic amines is 1. The fraction of sp³-hybridized carbons (Fsp3) is 0.538. The Hall–Kier alpha value is -3.33. The lowest BCUT2D eigenvalue weighted by atomic mass is 10.0. The molecule has 0 saturated carbocycles. The maximum absolute atomic E-state index is 13.5. The van der Waals surface area contributed by atoms with Crippen molar-refractivity contribution in [3.05, 3.63) is 40.3 Å². The maximum Gasteiger partial charge on any atom is 0.490 e. The lowest BCUT2D eigenvalue weighted by Gasteiger charge is -2.38. The number of hydrogen-bond donors (Lipinski definition) is 2. The van der Waals surface area contributed by atoms with Crippen LogP contribution in [0.2, 0.25) is 5.02 Å². The zero-order chi connectivity index (χ0) is 31.2. The number of nitrogens with one attached hydrogen (secondary N) is 1. The van der Waals surface area contributed by atoms with E-state index in [4.69, 9.17) is 21.5 Å². The van der Waals surface area contributed by atoms with Crippen LogP contribution in [0.15, 0.2) is 18.5 Å². The van der Waals surface area contributed by atoms with Crippen LogP contribution < -0.4 is 9.80 Å².